The Hall–Kier alpha value is -2.59. The van der Waals surface area contributed by atoms with Crippen molar-refractivity contribution in [3.8, 4) is 5.75 Å². The highest BCUT2D eigenvalue weighted by atomic mass is 127. The molecule has 0 aliphatic carbocycles. The van der Waals surface area contributed by atoms with Crippen LogP contribution in [0.15, 0.2) is 72.0 Å². The molecule has 0 aliphatic rings. The highest BCUT2D eigenvalue weighted by Gasteiger charge is 2.25. The Morgan fingerprint density at radius 3 is 2.44 bits per heavy atom. The Labute approximate surface area is 206 Å². The second-order valence-corrected chi connectivity index (χ2v) is 7.60. The monoisotopic (exact) mass is 549 g/mol. The topological polar surface area (TPSA) is 83.7 Å². The lowest BCUT2D eigenvalue weighted by atomic mass is 10.00. The Morgan fingerprint density at radius 2 is 1.78 bits per heavy atom. The Morgan fingerprint density at radius 1 is 1.09 bits per heavy atom. The van der Waals surface area contributed by atoms with Gasteiger partial charge in [-0.1, -0.05) is 42.5 Å². The lowest BCUT2D eigenvalue weighted by molar-refractivity contribution is 0.0616. The average Bonchev–Trinajstić information content (AvgIpc) is 3.23. The van der Waals surface area contributed by atoms with Gasteiger partial charge in [0.1, 0.15) is 18.0 Å². The molecule has 7 nitrogen and oxygen atoms in total. The van der Waals surface area contributed by atoms with Crippen LogP contribution in [0.4, 0.5) is 0 Å². The quantitative estimate of drug-likeness (QED) is 0.216. The van der Waals surface area contributed by atoms with E-state index in [2.05, 4.69) is 27.9 Å². The summed E-state index contributed by atoms with van der Waals surface area (Å²) < 4.78 is 7.59. The van der Waals surface area contributed by atoms with Crippen LogP contribution in [-0.2, 0) is 25.8 Å². The van der Waals surface area contributed by atoms with Crippen molar-refractivity contribution in [3.63, 3.8) is 0 Å². The van der Waals surface area contributed by atoms with Crippen molar-refractivity contribution < 1.29 is 9.84 Å². The van der Waals surface area contributed by atoms with Crippen molar-refractivity contribution in [3.05, 3.63) is 83.7 Å². The number of rotatable bonds is 9. The number of ether oxygens (including phenoxy) is 1. The Bertz CT molecular complexity index is 989. The number of nitrogens with one attached hydrogen (secondary N) is 2. The Kier molecular flexibility index (Phi) is 9.98. The molecule has 0 bridgehead atoms. The van der Waals surface area contributed by atoms with Gasteiger partial charge in [-0.25, -0.2) is 4.99 Å². The molecule has 0 spiro atoms. The molecule has 32 heavy (non-hydrogen) atoms. The number of aryl methyl sites for hydroxylation is 1. The molecule has 3 aromatic rings. The van der Waals surface area contributed by atoms with E-state index in [4.69, 9.17) is 9.73 Å². The maximum atomic E-state index is 10.8. The number of para-hydroxylation sites is 1. The average molecular weight is 549 g/mol. The van der Waals surface area contributed by atoms with E-state index in [9.17, 15) is 5.11 Å². The Balaban J connectivity index is 0.00000363. The lowest BCUT2D eigenvalue weighted by Gasteiger charge is -2.23. The number of aromatic nitrogens is 2. The molecule has 0 aliphatic heterocycles. The van der Waals surface area contributed by atoms with Crippen LogP contribution in [0.5, 0.6) is 5.75 Å². The van der Waals surface area contributed by atoms with Crippen molar-refractivity contribution in [1.29, 1.82) is 0 Å². The van der Waals surface area contributed by atoms with Crippen molar-refractivity contribution in [2.45, 2.75) is 32.6 Å². The molecule has 2 aromatic carbocycles. The minimum atomic E-state index is -1.06. The van der Waals surface area contributed by atoms with Crippen molar-refractivity contribution in [2.24, 2.45) is 12.0 Å². The summed E-state index contributed by atoms with van der Waals surface area (Å²) in [5.41, 5.74) is 1.87. The number of aliphatic imine (C=N–C) groups is 1. The maximum absolute atomic E-state index is 10.8. The highest BCUT2D eigenvalue weighted by Crippen LogP contribution is 2.19. The van der Waals surface area contributed by atoms with E-state index < -0.39 is 5.60 Å². The minimum Gasteiger partial charge on any atom is -0.489 e. The predicted octanol–water partition coefficient (Wildman–Crippen LogP) is 3.58. The summed E-state index contributed by atoms with van der Waals surface area (Å²) in [6.07, 6.45) is 3.49. The van der Waals surface area contributed by atoms with E-state index in [1.54, 1.807) is 17.8 Å². The molecule has 0 saturated carbocycles. The van der Waals surface area contributed by atoms with Gasteiger partial charge in [0, 0.05) is 25.4 Å². The predicted molar refractivity (Wildman–Crippen MR) is 138 cm³/mol. The van der Waals surface area contributed by atoms with E-state index in [-0.39, 0.29) is 24.0 Å². The van der Waals surface area contributed by atoms with Gasteiger partial charge in [-0.2, -0.15) is 5.10 Å². The van der Waals surface area contributed by atoms with E-state index in [1.165, 1.54) is 0 Å². The number of guanidine groups is 1. The zero-order valence-corrected chi connectivity index (χ0v) is 21.1. The second kappa shape index (κ2) is 12.4. The maximum Gasteiger partial charge on any atom is 0.191 e. The largest absolute Gasteiger partial charge is 0.489 e. The first kappa shape index (κ1) is 25.7. The third-order valence-electron chi connectivity index (χ3n) is 4.93. The molecule has 1 heterocycles. The van der Waals surface area contributed by atoms with Gasteiger partial charge >= 0.3 is 0 Å². The van der Waals surface area contributed by atoms with Crippen LogP contribution in [0.2, 0.25) is 0 Å². The third kappa shape index (κ3) is 7.52. The van der Waals surface area contributed by atoms with Gasteiger partial charge in [0.2, 0.25) is 0 Å². The first-order chi connectivity index (χ1) is 15.0. The van der Waals surface area contributed by atoms with Crippen LogP contribution >= 0.6 is 24.0 Å². The molecule has 0 fully saturated rings. The van der Waals surface area contributed by atoms with Gasteiger partial charge < -0.3 is 20.5 Å². The fourth-order valence-electron chi connectivity index (χ4n) is 3.09. The fourth-order valence-corrected chi connectivity index (χ4v) is 3.09. The van der Waals surface area contributed by atoms with Crippen LogP contribution in [0.3, 0.4) is 0 Å². The number of nitrogens with zero attached hydrogens (tertiary/aromatic N) is 3. The van der Waals surface area contributed by atoms with Crippen LogP contribution < -0.4 is 15.4 Å². The molecule has 1 atom stereocenters. The van der Waals surface area contributed by atoms with E-state index in [0.717, 1.165) is 29.0 Å². The smallest absolute Gasteiger partial charge is 0.191 e. The first-order valence-corrected chi connectivity index (χ1v) is 10.5. The van der Waals surface area contributed by atoms with Crippen molar-refractivity contribution in [1.82, 2.24) is 20.4 Å². The van der Waals surface area contributed by atoms with E-state index in [1.807, 2.05) is 62.6 Å². The first-order valence-electron chi connectivity index (χ1n) is 10.5. The number of aliphatic hydroxyl groups is 1. The van der Waals surface area contributed by atoms with E-state index in [0.29, 0.717) is 25.7 Å². The number of hydrogen-bond donors (Lipinski definition) is 3. The minimum absolute atomic E-state index is 0. The zero-order valence-electron chi connectivity index (χ0n) is 18.8. The third-order valence-corrected chi connectivity index (χ3v) is 4.93. The number of halogens is 1. The molecular formula is C24H32IN5O2. The SMILES string of the molecule is CCNC(=NCc1ccccc1COc1ccccc1)NCC(C)(O)c1cnn(C)c1.I. The summed E-state index contributed by atoms with van der Waals surface area (Å²) in [6, 6.07) is 17.9. The molecule has 3 N–H and O–H groups in total. The highest BCUT2D eigenvalue weighted by molar-refractivity contribution is 14.0. The molecule has 8 heteroatoms. The van der Waals surface area contributed by atoms with Crippen molar-refractivity contribution in [2.75, 3.05) is 13.1 Å². The van der Waals surface area contributed by atoms with Gasteiger partial charge in [-0.3, -0.25) is 4.68 Å². The summed E-state index contributed by atoms with van der Waals surface area (Å²) in [7, 11) is 1.83. The van der Waals surface area contributed by atoms with Crippen LogP contribution in [-0.4, -0.2) is 33.9 Å². The molecule has 1 unspecified atom stereocenters. The fraction of sp³-hybridized carbons (Fsp3) is 0.333. The summed E-state index contributed by atoms with van der Waals surface area (Å²) in [5.74, 6) is 1.49. The van der Waals surface area contributed by atoms with Crippen molar-refractivity contribution >= 4 is 29.9 Å². The number of benzene rings is 2. The molecule has 0 saturated heterocycles. The molecule has 1 aromatic heterocycles. The van der Waals surface area contributed by atoms with Gasteiger partial charge in [0.15, 0.2) is 5.96 Å². The zero-order chi connectivity index (χ0) is 22.1. The van der Waals surface area contributed by atoms with Gasteiger partial charge in [0.05, 0.1) is 19.3 Å². The normalized spacial score (nSPS) is 13.1. The second-order valence-electron chi connectivity index (χ2n) is 7.60. The molecule has 3 rings (SSSR count). The summed E-state index contributed by atoms with van der Waals surface area (Å²) in [4.78, 5) is 4.71. The lowest BCUT2D eigenvalue weighted by Crippen LogP contribution is -2.44. The van der Waals surface area contributed by atoms with Gasteiger partial charge in [-0.15, -0.1) is 24.0 Å². The van der Waals surface area contributed by atoms with E-state index >= 15 is 0 Å². The molecule has 172 valence electrons. The van der Waals surface area contributed by atoms with Crippen LogP contribution in [0, 0.1) is 0 Å². The van der Waals surface area contributed by atoms with Gasteiger partial charge in [-0.05, 0) is 37.1 Å². The van der Waals surface area contributed by atoms with Gasteiger partial charge in [0.25, 0.3) is 0 Å². The molecule has 0 radical (unpaired) electrons. The van der Waals surface area contributed by atoms with Crippen LogP contribution in [0.1, 0.15) is 30.5 Å². The summed E-state index contributed by atoms with van der Waals surface area (Å²) >= 11 is 0. The standard InChI is InChI=1S/C24H31N5O2.HI/c1-4-25-23(27-18-24(2,30)21-15-28-29(3)16-21)26-14-19-10-8-9-11-20(19)17-31-22-12-6-5-7-13-22;/h5-13,15-16,30H,4,14,17-18H2,1-3H3,(H2,25,26,27);1H. The van der Waals surface area contributed by atoms with Crippen LogP contribution in [0.25, 0.3) is 0 Å². The summed E-state index contributed by atoms with van der Waals surface area (Å²) in [6.45, 7) is 5.78. The molecule has 0 amide bonds. The number of hydrogen-bond acceptors (Lipinski definition) is 4. The molecular weight excluding hydrogens is 517 g/mol. The summed E-state index contributed by atoms with van der Waals surface area (Å²) in [5, 5.41) is 21.4.